The number of aromatic carboxylic acids is 1. The zero-order valence-electron chi connectivity index (χ0n) is 11.3. The molecule has 0 aliphatic rings. The van der Waals surface area contributed by atoms with Crippen LogP contribution in [0.4, 0.5) is 0 Å². The first kappa shape index (κ1) is 14.0. The standard InChI is InChI=1S/C15H15NO4/c1-9-3-13(14(20-2)16-7-9)11-4-10(8-17)5-12(6-11)15(18)19/h3-7,17H,8H2,1-2H3,(H,18,19). The smallest absolute Gasteiger partial charge is 0.335 e. The fourth-order valence-corrected chi connectivity index (χ4v) is 1.99. The third-order valence-corrected chi connectivity index (χ3v) is 2.91. The Labute approximate surface area is 116 Å². The van der Waals surface area contributed by atoms with Crippen LogP contribution in [0.15, 0.2) is 30.5 Å². The number of nitrogens with zero attached hydrogens (tertiary/aromatic N) is 1. The summed E-state index contributed by atoms with van der Waals surface area (Å²) in [4.78, 5) is 15.3. The van der Waals surface area contributed by atoms with Gasteiger partial charge in [-0.1, -0.05) is 0 Å². The molecule has 20 heavy (non-hydrogen) atoms. The van der Waals surface area contributed by atoms with Gasteiger partial charge < -0.3 is 14.9 Å². The number of ether oxygens (including phenoxy) is 1. The van der Waals surface area contributed by atoms with Crippen molar-refractivity contribution in [2.75, 3.05) is 7.11 Å². The maximum atomic E-state index is 11.1. The van der Waals surface area contributed by atoms with Crippen molar-refractivity contribution in [3.63, 3.8) is 0 Å². The molecule has 0 saturated carbocycles. The maximum Gasteiger partial charge on any atom is 0.335 e. The van der Waals surface area contributed by atoms with Gasteiger partial charge in [0.05, 0.1) is 19.3 Å². The number of methoxy groups -OCH3 is 1. The number of aromatic nitrogens is 1. The second-order valence-corrected chi connectivity index (χ2v) is 4.45. The van der Waals surface area contributed by atoms with Crippen LogP contribution in [0.3, 0.4) is 0 Å². The molecule has 0 spiro atoms. The molecule has 0 amide bonds. The molecular formula is C15H15NO4. The Balaban J connectivity index is 2.65. The van der Waals surface area contributed by atoms with E-state index in [1.165, 1.54) is 13.2 Å². The number of benzene rings is 1. The Hall–Kier alpha value is -2.40. The number of aryl methyl sites for hydroxylation is 1. The third kappa shape index (κ3) is 2.78. The Morgan fingerprint density at radius 1 is 1.30 bits per heavy atom. The SMILES string of the molecule is COc1ncc(C)cc1-c1cc(CO)cc(C(=O)O)c1. The molecule has 104 valence electrons. The van der Waals surface area contributed by atoms with Crippen molar-refractivity contribution in [1.29, 1.82) is 0 Å². The highest BCUT2D eigenvalue weighted by atomic mass is 16.5. The number of carboxylic acid groups (broad SMARTS) is 1. The summed E-state index contributed by atoms with van der Waals surface area (Å²) < 4.78 is 5.21. The molecule has 0 fully saturated rings. The van der Waals surface area contributed by atoms with Crippen molar-refractivity contribution in [3.8, 4) is 17.0 Å². The van der Waals surface area contributed by atoms with Gasteiger partial charge in [-0.3, -0.25) is 0 Å². The lowest BCUT2D eigenvalue weighted by Gasteiger charge is -2.10. The van der Waals surface area contributed by atoms with E-state index in [9.17, 15) is 9.90 Å². The van der Waals surface area contributed by atoms with Crippen LogP contribution in [-0.4, -0.2) is 28.3 Å². The summed E-state index contributed by atoms with van der Waals surface area (Å²) in [5.74, 6) is -0.622. The minimum atomic E-state index is -1.04. The minimum Gasteiger partial charge on any atom is -0.481 e. The number of aliphatic hydroxyl groups is 1. The van der Waals surface area contributed by atoms with Crippen LogP contribution in [0, 0.1) is 6.92 Å². The molecule has 5 nitrogen and oxygen atoms in total. The van der Waals surface area contributed by atoms with Crippen LogP contribution in [0.2, 0.25) is 0 Å². The second-order valence-electron chi connectivity index (χ2n) is 4.45. The molecule has 2 N–H and O–H groups in total. The zero-order chi connectivity index (χ0) is 14.7. The van der Waals surface area contributed by atoms with E-state index in [2.05, 4.69) is 4.98 Å². The van der Waals surface area contributed by atoms with Gasteiger partial charge in [0, 0.05) is 11.8 Å². The van der Waals surface area contributed by atoms with Gasteiger partial charge in [-0.05, 0) is 47.9 Å². The molecule has 0 radical (unpaired) electrons. The molecule has 0 saturated heterocycles. The van der Waals surface area contributed by atoms with Crippen molar-refractivity contribution >= 4 is 5.97 Å². The van der Waals surface area contributed by atoms with Crippen LogP contribution in [0.5, 0.6) is 5.88 Å². The summed E-state index contributed by atoms with van der Waals surface area (Å²) in [5.41, 5.74) is 2.94. The summed E-state index contributed by atoms with van der Waals surface area (Å²) in [5, 5.41) is 18.4. The monoisotopic (exact) mass is 273 g/mol. The molecule has 2 aromatic rings. The number of hydrogen-bond acceptors (Lipinski definition) is 4. The molecule has 0 unspecified atom stereocenters. The summed E-state index contributed by atoms with van der Waals surface area (Å²) in [7, 11) is 1.51. The predicted molar refractivity (Wildman–Crippen MR) is 73.8 cm³/mol. The lowest BCUT2D eigenvalue weighted by molar-refractivity contribution is 0.0696. The van der Waals surface area contributed by atoms with E-state index in [-0.39, 0.29) is 12.2 Å². The fraction of sp³-hybridized carbons (Fsp3) is 0.200. The first-order chi connectivity index (χ1) is 9.55. The van der Waals surface area contributed by atoms with Crippen LogP contribution in [0.1, 0.15) is 21.5 Å². The van der Waals surface area contributed by atoms with Gasteiger partial charge in [-0.25, -0.2) is 9.78 Å². The van der Waals surface area contributed by atoms with E-state index < -0.39 is 5.97 Å². The normalized spacial score (nSPS) is 10.3. The summed E-state index contributed by atoms with van der Waals surface area (Å²) in [6, 6.07) is 6.58. The van der Waals surface area contributed by atoms with E-state index in [0.717, 1.165) is 5.56 Å². The fourth-order valence-electron chi connectivity index (χ4n) is 1.99. The Bertz CT molecular complexity index is 652. The van der Waals surface area contributed by atoms with Crippen LogP contribution in [0.25, 0.3) is 11.1 Å². The molecule has 0 aliphatic carbocycles. The Morgan fingerprint density at radius 2 is 2.05 bits per heavy atom. The van der Waals surface area contributed by atoms with E-state index in [1.54, 1.807) is 18.3 Å². The van der Waals surface area contributed by atoms with Crippen LogP contribution in [-0.2, 0) is 6.61 Å². The molecule has 0 bridgehead atoms. The largest absolute Gasteiger partial charge is 0.481 e. The van der Waals surface area contributed by atoms with Gasteiger partial charge in [0.2, 0.25) is 5.88 Å². The van der Waals surface area contributed by atoms with Crippen molar-refractivity contribution < 1.29 is 19.7 Å². The van der Waals surface area contributed by atoms with Gasteiger partial charge >= 0.3 is 5.97 Å². The topological polar surface area (TPSA) is 79.7 Å². The van der Waals surface area contributed by atoms with Gasteiger partial charge in [0.1, 0.15) is 0 Å². The van der Waals surface area contributed by atoms with Crippen LogP contribution < -0.4 is 4.74 Å². The van der Waals surface area contributed by atoms with Gasteiger partial charge in [-0.15, -0.1) is 0 Å². The number of aliphatic hydroxyl groups excluding tert-OH is 1. The summed E-state index contributed by atoms with van der Waals surface area (Å²) >= 11 is 0. The maximum absolute atomic E-state index is 11.1. The second kappa shape index (κ2) is 5.71. The highest BCUT2D eigenvalue weighted by Gasteiger charge is 2.12. The highest BCUT2D eigenvalue weighted by molar-refractivity contribution is 5.90. The van der Waals surface area contributed by atoms with Gasteiger partial charge in [0.25, 0.3) is 0 Å². The van der Waals surface area contributed by atoms with Crippen LogP contribution >= 0.6 is 0 Å². The summed E-state index contributed by atoms with van der Waals surface area (Å²) in [6.45, 7) is 1.67. The average molecular weight is 273 g/mol. The predicted octanol–water partition coefficient (Wildman–Crippen LogP) is 2.26. The van der Waals surface area contributed by atoms with E-state index in [1.807, 2.05) is 13.0 Å². The zero-order valence-corrected chi connectivity index (χ0v) is 11.3. The van der Waals surface area contributed by atoms with E-state index >= 15 is 0 Å². The summed E-state index contributed by atoms with van der Waals surface area (Å²) in [6.07, 6.45) is 1.68. The molecule has 0 atom stereocenters. The molecule has 1 aromatic carbocycles. The number of carboxylic acids is 1. The van der Waals surface area contributed by atoms with Gasteiger partial charge in [-0.2, -0.15) is 0 Å². The van der Waals surface area contributed by atoms with E-state index in [0.29, 0.717) is 22.6 Å². The lowest BCUT2D eigenvalue weighted by Crippen LogP contribution is -2.00. The Kier molecular flexibility index (Phi) is 4.00. The minimum absolute atomic E-state index is 0.120. The number of pyridine rings is 1. The Morgan fingerprint density at radius 3 is 2.65 bits per heavy atom. The molecular weight excluding hydrogens is 258 g/mol. The van der Waals surface area contributed by atoms with E-state index in [4.69, 9.17) is 9.84 Å². The quantitative estimate of drug-likeness (QED) is 0.893. The molecule has 1 aromatic heterocycles. The number of hydrogen-bond donors (Lipinski definition) is 2. The third-order valence-electron chi connectivity index (χ3n) is 2.91. The molecule has 5 heteroatoms. The number of rotatable bonds is 4. The van der Waals surface area contributed by atoms with Crippen molar-refractivity contribution in [2.24, 2.45) is 0 Å². The first-order valence-electron chi connectivity index (χ1n) is 6.04. The molecule has 1 heterocycles. The number of carbonyl (C=O) groups is 1. The van der Waals surface area contributed by atoms with Crippen molar-refractivity contribution in [3.05, 3.63) is 47.2 Å². The highest BCUT2D eigenvalue weighted by Crippen LogP contribution is 2.30. The van der Waals surface area contributed by atoms with Gasteiger partial charge in [0.15, 0.2) is 0 Å². The van der Waals surface area contributed by atoms with Crippen molar-refractivity contribution in [1.82, 2.24) is 4.98 Å². The molecule has 0 aliphatic heterocycles. The first-order valence-corrected chi connectivity index (χ1v) is 6.04. The van der Waals surface area contributed by atoms with Crippen molar-refractivity contribution in [2.45, 2.75) is 13.5 Å². The average Bonchev–Trinajstić information content (AvgIpc) is 2.46. The lowest BCUT2D eigenvalue weighted by atomic mass is 10.00. The molecule has 2 rings (SSSR count).